The molecule has 2 aromatic carbocycles. The standard InChI is InChI=1S/C23H20F3N3O4/c1-12-16(3-2-4-17(12)24)23(25,26)22(33)27-10-13-5-6-15-14(9-13)11-29(21(15)32)18-7-8-19(30)28-20(18)31/h2-6,9,18H,7-8,10-11H2,1H3,(H,27,33)(H,28,30,31). The van der Waals surface area contributed by atoms with Crippen LogP contribution in [0.5, 0.6) is 0 Å². The van der Waals surface area contributed by atoms with Gasteiger partial charge in [-0.05, 0) is 42.2 Å². The third-order valence-corrected chi connectivity index (χ3v) is 5.93. The van der Waals surface area contributed by atoms with Crippen molar-refractivity contribution in [2.45, 2.75) is 44.8 Å². The normalized spacial score (nSPS) is 18.2. The number of halogens is 3. The van der Waals surface area contributed by atoms with Gasteiger partial charge in [0, 0.05) is 30.6 Å². The lowest BCUT2D eigenvalue weighted by Gasteiger charge is -2.29. The van der Waals surface area contributed by atoms with Gasteiger partial charge in [0.2, 0.25) is 11.8 Å². The molecule has 2 aromatic rings. The van der Waals surface area contributed by atoms with Crippen LogP contribution < -0.4 is 10.6 Å². The molecule has 2 heterocycles. The highest BCUT2D eigenvalue weighted by Crippen LogP contribution is 2.32. The van der Waals surface area contributed by atoms with Gasteiger partial charge in [-0.25, -0.2) is 4.39 Å². The van der Waals surface area contributed by atoms with Crippen molar-refractivity contribution in [1.82, 2.24) is 15.5 Å². The van der Waals surface area contributed by atoms with Crippen molar-refractivity contribution in [2.75, 3.05) is 0 Å². The fourth-order valence-electron chi connectivity index (χ4n) is 4.10. The van der Waals surface area contributed by atoms with Crippen LogP contribution in [0, 0.1) is 12.7 Å². The summed E-state index contributed by atoms with van der Waals surface area (Å²) in [4.78, 5) is 49.8. The summed E-state index contributed by atoms with van der Waals surface area (Å²) in [6.45, 7) is 1.07. The Labute approximate surface area is 186 Å². The minimum absolute atomic E-state index is 0.126. The Kier molecular flexibility index (Phi) is 5.69. The Hall–Kier alpha value is -3.69. The van der Waals surface area contributed by atoms with Crippen molar-refractivity contribution >= 4 is 23.6 Å². The summed E-state index contributed by atoms with van der Waals surface area (Å²) in [6.07, 6.45) is 0.356. The molecular weight excluding hydrogens is 439 g/mol. The van der Waals surface area contributed by atoms with Gasteiger partial charge in [-0.15, -0.1) is 0 Å². The van der Waals surface area contributed by atoms with Gasteiger partial charge in [-0.3, -0.25) is 24.5 Å². The van der Waals surface area contributed by atoms with Crippen LogP contribution in [0.4, 0.5) is 13.2 Å². The van der Waals surface area contributed by atoms with E-state index in [9.17, 15) is 32.3 Å². The SMILES string of the molecule is Cc1c(F)cccc1C(F)(F)C(=O)NCc1ccc2c(c1)CN(C1CCC(=O)NC1=O)C2=O. The topological polar surface area (TPSA) is 95.6 Å². The number of nitrogens with zero attached hydrogens (tertiary/aromatic N) is 1. The zero-order chi connectivity index (χ0) is 23.9. The molecule has 172 valence electrons. The van der Waals surface area contributed by atoms with E-state index in [-0.39, 0.29) is 43.3 Å². The lowest BCUT2D eigenvalue weighted by molar-refractivity contribution is -0.147. The second kappa shape index (κ2) is 8.34. The maximum Gasteiger partial charge on any atom is 0.350 e. The zero-order valence-electron chi connectivity index (χ0n) is 17.6. The molecule has 2 N–H and O–H groups in total. The first-order chi connectivity index (χ1) is 15.6. The molecule has 1 saturated heterocycles. The molecule has 1 atom stereocenters. The van der Waals surface area contributed by atoms with Crippen LogP contribution in [-0.2, 0) is 33.4 Å². The van der Waals surface area contributed by atoms with Crippen LogP contribution in [0.3, 0.4) is 0 Å². The highest BCUT2D eigenvalue weighted by atomic mass is 19.3. The Morgan fingerprint density at radius 3 is 2.70 bits per heavy atom. The van der Waals surface area contributed by atoms with Crippen molar-refractivity contribution in [3.05, 3.63) is 70.0 Å². The second-order valence-electron chi connectivity index (χ2n) is 8.06. The van der Waals surface area contributed by atoms with Crippen molar-refractivity contribution in [3.63, 3.8) is 0 Å². The molecule has 2 aliphatic rings. The second-order valence-corrected chi connectivity index (χ2v) is 8.06. The first-order valence-electron chi connectivity index (χ1n) is 10.3. The van der Waals surface area contributed by atoms with E-state index in [0.29, 0.717) is 16.7 Å². The Bertz CT molecular complexity index is 1180. The van der Waals surface area contributed by atoms with Crippen LogP contribution in [-0.4, -0.2) is 34.6 Å². The first kappa shape index (κ1) is 22.5. The van der Waals surface area contributed by atoms with Gasteiger partial charge in [0.25, 0.3) is 11.8 Å². The number of carbonyl (C=O) groups is 4. The fourth-order valence-corrected chi connectivity index (χ4v) is 4.10. The third kappa shape index (κ3) is 4.08. The molecule has 1 fully saturated rings. The fraction of sp³-hybridized carbons (Fsp3) is 0.304. The average molecular weight is 459 g/mol. The molecule has 4 rings (SSSR count). The molecule has 0 saturated carbocycles. The van der Waals surface area contributed by atoms with E-state index in [2.05, 4.69) is 10.6 Å². The Morgan fingerprint density at radius 1 is 1.21 bits per heavy atom. The summed E-state index contributed by atoms with van der Waals surface area (Å²) in [5, 5.41) is 4.38. The quantitative estimate of drug-likeness (QED) is 0.671. The minimum Gasteiger partial charge on any atom is -0.346 e. The van der Waals surface area contributed by atoms with Gasteiger partial charge in [-0.2, -0.15) is 8.78 Å². The lowest BCUT2D eigenvalue weighted by atomic mass is 10.0. The number of nitrogens with one attached hydrogen (secondary N) is 2. The number of alkyl halides is 2. The first-order valence-corrected chi connectivity index (χ1v) is 10.3. The largest absolute Gasteiger partial charge is 0.350 e. The van der Waals surface area contributed by atoms with Crippen LogP contribution in [0.15, 0.2) is 36.4 Å². The molecule has 4 amide bonds. The van der Waals surface area contributed by atoms with Crippen molar-refractivity contribution in [2.24, 2.45) is 0 Å². The molecule has 1 unspecified atom stereocenters. The summed E-state index contributed by atoms with van der Waals surface area (Å²) >= 11 is 0. The van der Waals surface area contributed by atoms with Crippen molar-refractivity contribution in [1.29, 1.82) is 0 Å². The summed E-state index contributed by atoms with van der Waals surface area (Å²) in [6, 6.07) is 7.03. The van der Waals surface area contributed by atoms with Crippen LogP contribution in [0.25, 0.3) is 0 Å². The van der Waals surface area contributed by atoms with Gasteiger partial charge in [0.15, 0.2) is 0 Å². The zero-order valence-corrected chi connectivity index (χ0v) is 17.6. The van der Waals surface area contributed by atoms with E-state index in [1.54, 1.807) is 6.07 Å². The van der Waals surface area contributed by atoms with Crippen molar-refractivity contribution < 1.29 is 32.3 Å². The highest BCUT2D eigenvalue weighted by molar-refractivity contribution is 6.05. The molecule has 33 heavy (non-hydrogen) atoms. The van der Waals surface area contributed by atoms with Crippen LogP contribution in [0.1, 0.15) is 45.5 Å². The van der Waals surface area contributed by atoms with E-state index < -0.39 is 35.2 Å². The van der Waals surface area contributed by atoms with Gasteiger partial charge >= 0.3 is 5.92 Å². The number of piperidine rings is 1. The number of rotatable bonds is 5. The van der Waals surface area contributed by atoms with E-state index >= 15 is 0 Å². The predicted octanol–water partition coefficient (Wildman–Crippen LogP) is 2.30. The smallest absolute Gasteiger partial charge is 0.346 e. The summed E-state index contributed by atoms with van der Waals surface area (Å²) in [5.41, 5.74) is 0.424. The van der Waals surface area contributed by atoms with Crippen LogP contribution >= 0.6 is 0 Å². The van der Waals surface area contributed by atoms with E-state index in [1.165, 1.54) is 24.0 Å². The maximum absolute atomic E-state index is 14.6. The molecule has 0 bridgehead atoms. The molecule has 0 aliphatic carbocycles. The number of imide groups is 1. The molecule has 2 aliphatic heterocycles. The number of amides is 4. The molecule has 0 aromatic heterocycles. The average Bonchev–Trinajstić information content (AvgIpc) is 3.09. The molecule has 0 radical (unpaired) electrons. The van der Waals surface area contributed by atoms with E-state index in [0.717, 1.165) is 18.2 Å². The van der Waals surface area contributed by atoms with E-state index in [1.807, 2.05) is 0 Å². The Balaban J connectivity index is 1.45. The van der Waals surface area contributed by atoms with Crippen LogP contribution in [0.2, 0.25) is 0 Å². The number of carbonyl (C=O) groups excluding carboxylic acids is 4. The summed E-state index contributed by atoms with van der Waals surface area (Å²) < 4.78 is 42.8. The monoisotopic (exact) mass is 459 g/mol. The minimum atomic E-state index is -3.93. The maximum atomic E-state index is 14.6. The number of benzene rings is 2. The third-order valence-electron chi connectivity index (χ3n) is 5.93. The highest BCUT2D eigenvalue weighted by Gasteiger charge is 2.43. The van der Waals surface area contributed by atoms with E-state index in [4.69, 9.17) is 0 Å². The van der Waals surface area contributed by atoms with Gasteiger partial charge in [-0.1, -0.05) is 24.3 Å². The van der Waals surface area contributed by atoms with Gasteiger partial charge < -0.3 is 10.2 Å². The number of hydrogen-bond acceptors (Lipinski definition) is 4. The van der Waals surface area contributed by atoms with Gasteiger partial charge in [0.1, 0.15) is 11.9 Å². The lowest BCUT2D eigenvalue weighted by Crippen LogP contribution is -2.52. The molecule has 7 nitrogen and oxygen atoms in total. The van der Waals surface area contributed by atoms with Crippen molar-refractivity contribution in [3.8, 4) is 0 Å². The van der Waals surface area contributed by atoms with Gasteiger partial charge in [0.05, 0.1) is 0 Å². The summed E-state index contributed by atoms with van der Waals surface area (Å²) in [5.74, 6) is -7.61. The number of hydrogen-bond donors (Lipinski definition) is 2. The molecule has 10 heteroatoms. The number of fused-ring (bicyclic) bond motifs is 1. The molecular formula is C23H20F3N3O4. The summed E-state index contributed by atoms with van der Waals surface area (Å²) in [7, 11) is 0. The Morgan fingerprint density at radius 2 is 1.97 bits per heavy atom. The molecule has 0 spiro atoms. The predicted molar refractivity (Wildman–Crippen MR) is 109 cm³/mol.